The molecule has 0 heterocycles. The van der Waals surface area contributed by atoms with Gasteiger partial charge in [-0.3, -0.25) is 14.4 Å². The molecule has 0 aliphatic rings. The minimum absolute atomic E-state index is 0.0424. The average molecular weight is 457 g/mol. The van der Waals surface area contributed by atoms with Crippen molar-refractivity contribution in [1.29, 1.82) is 0 Å². The molecule has 0 aromatic heterocycles. The predicted octanol–water partition coefficient (Wildman–Crippen LogP) is 2.08. The van der Waals surface area contributed by atoms with E-state index in [2.05, 4.69) is 10.1 Å². The van der Waals surface area contributed by atoms with Crippen molar-refractivity contribution in [1.82, 2.24) is 5.32 Å². The zero-order chi connectivity index (χ0) is 23.4. The van der Waals surface area contributed by atoms with Gasteiger partial charge in [-0.15, -0.1) is 0 Å². The normalized spacial score (nSPS) is 10.7. The Morgan fingerprint density at radius 3 is 1.87 bits per heavy atom. The predicted molar refractivity (Wildman–Crippen MR) is 92.6 cm³/mol. The number of esters is 1. The van der Waals surface area contributed by atoms with E-state index < -0.39 is 53.2 Å². The van der Waals surface area contributed by atoms with E-state index in [0.29, 0.717) is 13.0 Å². The molecule has 0 saturated heterocycles. The lowest BCUT2D eigenvalue weighted by atomic mass is 10.2. The number of carbonyl (C=O) groups excluding carboxylic acids is 2. The second-order valence-electron chi connectivity index (χ2n) is 5.95. The molecular formula is C18H20F5NO7. The van der Waals surface area contributed by atoms with Crippen LogP contribution in [0.25, 0.3) is 0 Å². The number of carboxylic acids is 1. The van der Waals surface area contributed by atoms with Crippen LogP contribution in [0.15, 0.2) is 0 Å². The first-order chi connectivity index (χ1) is 14.6. The Kier molecular flexibility index (Phi) is 11.4. The Hall–Kier alpha value is -2.80. The van der Waals surface area contributed by atoms with Crippen LogP contribution in [0.2, 0.25) is 0 Å². The molecule has 0 atom stereocenters. The molecule has 0 saturated carbocycles. The number of hydrogen-bond acceptors (Lipinski definition) is 6. The average Bonchev–Trinajstić information content (AvgIpc) is 2.73. The monoisotopic (exact) mass is 457 g/mol. The molecule has 0 aliphatic carbocycles. The minimum atomic E-state index is -2.36. The summed E-state index contributed by atoms with van der Waals surface area (Å²) in [5.41, 5.74) is 0. The summed E-state index contributed by atoms with van der Waals surface area (Å²) in [6, 6.07) is 0. The second kappa shape index (κ2) is 13.5. The van der Waals surface area contributed by atoms with Crippen molar-refractivity contribution in [3.05, 3.63) is 29.1 Å². The number of amides is 1. The summed E-state index contributed by atoms with van der Waals surface area (Å²) in [7, 11) is 0. The SMILES string of the molecule is O=C(O)CCC(=O)NCCCOCCOCCC(=O)Oc1c(F)c(F)c(F)c(F)c1F. The highest BCUT2D eigenvalue weighted by Gasteiger charge is 2.28. The summed E-state index contributed by atoms with van der Waals surface area (Å²) < 4.78 is 80.2. The van der Waals surface area contributed by atoms with E-state index in [1.54, 1.807) is 0 Å². The highest BCUT2D eigenvalue weighted by molar-refractivity contribution is 5.80. The van der Waals surface area contributed by atoms with Gasteiger partial charge in [-0.2, -0.15) is 8.78 Å². The molecule has 0 fully saturated rings. The smallest absolute Gasteiger partial charge is 0.313 e. The van der Waals surface area contributed by atoms with Gasteiger partial charge in [0, 0.05) is 19.6 Å². The lowest BCUT2D eigenvalue weighted by Crippen LogP contribution is -2.25. The van der Waals surface area contributed by atoms with Crippen LogP contribution in [0.4, 0.5) is 22.0 Å². The van der Waals surface area contributed by atoms with Gasteiger partial charge in [0.05, 0.1) is 32.7 Å². The van der Waals surface area contributed by atoms with Gasteiger partial charge in [0.15, 0.2) is 0 Å². The maximum Gasteiger partial charge on any atom is 0.313 e. The largest absolute Gasteiger partial charge is 0.481 e. The van der Waals surface area contributed by atoms with Gasteiger partial charge in [-0.05, 0) is 6.42 Å². The molecule has 8 nitrogen and oxygen atoms in total. The Labute approximate surface area is 173 Å². The second-order valence-corrected chi connectivity index (χ2v) is 5.95. The Morgan fingerprint density at radius 1 is 0.742 bits per heavy atom. The molecule has 1 amide bonds. The zero-order valence-corrected chi connectivity index (χ0v) is 16.2. The first kappa shape index (κ1) is 26.2. The summed E-state index contributed by atoms with van der Waals surface area (Å²) in [5, 5.41) is 10.9. The maximum atomic E-state index is 13.4. The van der Waals surface area contributed by atoms with Crippen molar-refractivity contribution < 1.29 is 55.7 Å². The molecule has 13 heteroatoms. The number of rotatable bonds is 14. The fourth-order valence-corrected chi connectivity index (χ4v) is 2.03. The number of carboxylic acid groups (broad SMARTS) is 1. The van der Waals surface area contributed by atoms with Crippen LogP contribution in [0.3, 0.4) is 0 Å². The van der Waals surface area contributed by atoms with Crippen LogP contribution in [-0.2, 0) is 23.9 Å². The Balaban J connectivity index is 2.13. The maximum absolute atomic E-state index is 13.4. The molecule has 31 heavy (non-hydrogen) atoms. The Bertz CT molecular complexity index is 762. The fraction of sp³-hybridized carbons (Fsp3) is 0.500. The molecule has 1 aromatic carbocycles. The Morgan fingerprint density at radius 2 is 1.29 bits per heavy atom. The zero-order valence-electron chi connectivity index (χ0n) is 16.2. The molecule has 174 valence electrons. The van der Waals surface area contributed by atoms with Gasteiger partial charge >= 0.3 is 11.9 Å². The molecule has 1 aromatic rings. The van der Waals surface area contributed by atoms with Gasteiger partial charge in [0.2, 0.25) is 40.7 Å². The van der Waals surface area contributed by atoms with Crippen molar-refractivity contribution in [2.75, 3.05) is 33.0 Å². The summed E-state index contributed by atoms with van der Waals surface area (Å²) in [5.74, 6) is -15.7. The number of ether oxygens (including phenoxy) is 3. The van der Waals surface area contributed by atoms with E-state index in [1.165, 1.54) is 0 Å². The first-order valence-corrected chi connectivity index (χ1v) is 9.01. The van der Waals surface area contributed by atoms with Crippen LogP contribution >= 0.6 is 0 Å². The van der Waals surface area contributed by atoms with Crippen molar-refractivity contribution in [2.24, 2.45) is 0 Å². The quantitative estimate of drug-likeness (QED) is 0.110. The van der Waals surface area contributed by atoms with E-state index in [9.17, 15) is 36.3 Å². The number of aliphatic carboxylic acids is 1. The number of halogens is 5. The van der Waals surface area contributed by atoms with E-state index >= 15 is 0 Å². The third-order valence-electron chi connectivity index (χ3n) is 3.56. The molecular weight excluding hydrogens is 437 g/mol. The molecule has 0 bridgehead atoms. The van der Waals surface area contributed by atoms with E-state index in [0.717, 1.165) is 0 Å². The van der Waals surface area contributed by atoms with E-state index in [-0.39, 0.29) is 45.2 Å². The standard InChI is InChI=1S/C18H20F5NO7/c19-13-14(20)16(22)18(17(23)15(13)21)31-12(28)4-7-30-9-8-29-6-1-5-24-10(25)2-3-11(26)27/h1-9H2,(H,24,25)(H,26,27). The lowest BCUT2D eigenvalue weighted by Gasteiger charge is -2.09. The van der Waals surface area contributed by atoms with Crippen molar-refractivity contribution >= 4 is 17.8 Å². The van der Waals surface area contributed by atoms with Crippen molar-refractivity contribution in [3.8, 4) is 5.75 Å². The molecule has 1 rings (SSSR count). The van der Waals surface area contributed by atoms with Crippen molar-refractivity contribution in [3.63, 3.8) is 0 Å². The third-order valence-corrected chi connectivity index (χ3v) is 3.56. The topological polar surface area (TPSA) is 111 Å². The lowest BCUT2D eigenvalue weighted by molar-refractivity contribution is -0.139. The van der Waals surface area contributed by atoms with Crippen LogP contribution in [0.1, 0.15) is 25.7 Å². The van der Waals surface area contributed by atoms with Crippen LogP contribution in [-0.4, -0.2) is 55.9 Å². The number of hydrogen-bond donors (Lipinski definition) is 2. The fourth-order valence-electron chi connectivity index (χ4n) is 2.03. The molecule has 0 aliphatic heterocycles. The molecule has 0 spiro atoms. The molecule has 2 N–H and O–H groups in total. The minimum Gasteiger partial charge on any atom is -0.481 e. The van der Waals surface area contributed by atoms with Gasteiger partial charge in [0.1, 0.15) is 0 Å². The van der Waals surface area contributed by atoms with E-state index in [4.69, 9.17) is 14.6 Å². The van der Waals surface area contributed by atoms with Crippen LogP contribution in [0.5, 0.6) is 5.75 Å². The van der Waals surface area contributed by atoms with Gasteiger partial charge < -0.3 is 24.6 Å². The highest BCUT2D eigenvalue weighted by atomic mass is 19.2. The summed E-state index contributed by atoms with van der Waals surface area (Å²) in [4.78, 5) is 33.0. The van der Waals surface area contributed by atoms with Crippen LogP contribution < -0.4 is 10.1 Å². The number of carbonyl (C=O) groups is 3. The van der Waals surface area contributed by atoms with Gasteiger partial charge in [-0.1, -0.05) is 0 Å². The van der Waals surface area contributed by atoms with Crippen LogP contribution in [0, 0.1) is 29.1 Å². The highest BCUT2D eigenvalue weighted by Crippen LogP contribution is 2.29. The van der Waals surface area contributed by atoms with E-state index in [1.807, 2.05) is 0 Å². The van der Waals surface area contributed by atoms with Gasteiger partial charge in [0.25, 0.3) is 0 Å². The molecule has 0 unspecified atom stereocenters. The molecule has 0 radical (unpaired) electrons. The first-order valence-electron chi connectivity index (χ1n) is 9.01. The summed E-state index contributed by atoms with van der Waals surface area (Å²) in [6.45, 7) is 0.478. The summed E-state index contributed by atoms with van der Waals surface area (Å²) >= 11 is 0. The third kappa shape index (κ3) is 9.26. The number of nitrogens with one attached hydrogen (secondary N) is 1. The van der Waals surface area contributed by atoms with Crippen molar-refractivity contribution in [2.45, 2.75) is 25.7 Å². The van der Waals surface area contributed by atoms with Gasteiger partial charge in [-0.25, -0.2) is 13.2 Å². The summed E-state index contributed by atoms with van der Waals surface area (Å²) in [6.07, 6.45) is -0.416. The number of benzene rings is 1.